The molecule has 2 rings (SSSR count). The lowest BCUT2D eigenvalue weighted by Gasteiger charge is -2.28. The van der Waals surface area contributed by atoms with E-state index in [0.717, 1.165) is 32.1 Å². The molecule has 1 aliphatic carbocycles. The molecule has 0 spiro atoms. The largest absolute Gasteiger partial charge is 0.459 e. The van der Waals surface area contributed by atoms with E-state index in [4.69, 9.17) is 13.7 Å². The molecule has 1 aromatic carbocycles. The predicted molar refractivity (Wildman–Crippen MR) is 131 cm³/mol. The number of para-hydroxylation sites is 1. The van der Waals surface area contributed by atoms with Gasteiger partial charge in [0.2, 0.25) is 5.91 Å². The van der Waals surface area contributed by atoms with Gasteiger partial charge in [-0.1, -0.05) is 51.3 Å². The molecule has 1 aliphatic rings. The first-order valence-corrected chi connectivity index (χ1v) is 13.7. The highest BCUT2D eigenvalue weighted by Crippen LogP contribution is 2.28. The molecule has 2 N–H and O–H groups in total. The lowest BCUT2D eigenvalue weighted by molar-refractivity contribution is -0.162. The van der Waals surface area contributed by atoms with Gasteiger partial charge >= 0.3 is 11.9 Å². The van der Waals surface area contributed by atoms with Gasteiger partial charge in [-0.05, 0) is 25.3 Å². The molecule has 11 heteroatoms. The molecule has 202 valence electrons. The Labute approximate surface area is 212 Å². The molecular formula is C25H37NO9S. The third-order valence-corrected chi connectivity index (χ3v) is 7.28. The molecule has 1 aromatic rings. The van der Waals surface area contributed by atoms with Gasteiger partial charge in [-0.25, -0.2) is 4.79 Å². The lowest BCUT2D eigenvalue weighted by Crippen LogP contribution is -2.41. The summed E-state index contributed by atoms with van der Waals surface area (Å²) >= 11 is 0. The van der Waals surface area contributed by atoms with Crippen molar-refractivity contribution in [2.45, 2.75) is 72.0 Å². The number of carbonyl (C=O) groups is 3. The first-order valence-electron chi connectivity index (χ1n) is 12.2. The molecular weight excluding hydrogens is 490 g/mol. The summed E-state index contributed by atoms with van der Waals surface area (Å²) in [5, 5.41) is 13.0. The van der Waals surface area contributed by atoms with Crippen molar-refractivity contribution in [1.29, 1.82) is 0 Å². The van der Waals surface area contributed by atoms with E-state index >= 15 is 0 Å². The minimum atomic E-state index is -3.92. The number of esters is 2. The number of carbonyl (C=O) groups excluding carboxylic acids is 3. The molecule has 0 aromatic heterocycles. The minimum absolute atomic E-state index is 0.140. The molecule has 0 radical (unpaired) electrons. The van der Waals surface area contributed by atoms with Crippen LogP contribution in [0.2, 0.25) is 0 Å². The van der Waals surface area contributed by atoms with E-state index in [9.17, 15) is 27.9 Å². The molecule has 36 heavy (non-hydrogen) atoms. The van der Waals surface area contributed by atoms with Crippen LogP contribution in [0.25, 0.3) is 0 Å². The van der Waals surface area contributed by atoms with E-state index in [1.807, 2.05) is 0 Å². The maximum absolute atomic E-state index is 12.5. The van der Waals surface area contributed by atoms with E-state index in [-0.39, 0.29) is 43.1 Å². The highest BCUT2D eigenvalue weighted by molar-refractivity contribution is 7.86. The number of benzene rings is 1. The number of ether oxygens (including phenoxy) is 2. The van der Waals surface area contributed by atoms with Gasteiger partial charge in [0.05, 0.1) is 18.3 Å². The van der Waals surface area contributed by atoms with Crippen molar-refractivity contribution in [3.63, 3.8) is 0 Å². The maximum atomic E-state index is 12.5. The van der Waals surface area contributed by atoms with Gasteiger partial charge in [0.15, 0.2) is 6.10 Å². The molecule has 10 nitrogen and oxygen atoms in total. The zero-order chi connectivity index (χ0) is 26.8. The predicted octanol–water partition coefficient (Wildman–Crippen LogP) is 2.48. The third kappa shape index (κ3) is 9.87. The number of aliphatic hydroxyl groups is 1. The standard InChI is InChI=1S/C25H37NO9S/c1-18(27)26-14-9-15-36(31,32)34-17-25(2,3)22(28)24(30)33-16-20-12-7-8-13-21(20)35-23(29)19-10-5-4-6-11-19/h7-8,12-13,19,22,28H,4-6,9-11,14-17H2,1-3H3,(H,26,27)/t22-/m0/s1. The monoisotopic (exact) mass is 527 g/mol. The van der Waals surface area contributed by atoms with Gasteiger partial charge in [-0.15, -0.1) is 0 Å². The van der Waals surface area contributed by atoms with Crippen molar-refractivity contribution >= 4 is 28.0 Å². The normalized spacial score (nSPS) is 15.7. The maximum Gasteiger partial charge on any atom is 0.335 e. The van der Waals surface area contributed by atoms with Gasteiger partial charge in [-0.3, -0.25) is 13.8 Å². The number of hydrogen-bond acceptors (Lipinski definition) is 9. The Balaban J connectivity index is 1.88. The van der Waals surface area contributed by atoms with Crippen LogP contribution in [-0.4, -0.2) is 56.4 Å². The average Bonchev–Trinajstić information content (AvgIpc) is 2.85. The Morgan fingerprint density at radius 3 is 2.47 bits per heavy atom. The SMILES string of the molecule is CC(=O)NCCCS(=O)(=O)OCC(C)(C)[C@@H](O)C(=O)OCc1ccccc1OC(=O)C1CCCCC1. The van der Waals surface area contributed by atoms with Crippen LogP contribution in [0.15, 0.2) is 24.3 Å². The second-order valence-corrected chi connectivity index (χ2v) is 11.5. The number of amides is 1. The molecule has 1 saturated carbocycles. The number of rotatable bonds is 13. The summed E-state index contributed by atoms with van der Waals surface area (Å²) in [7, 11) is -3.92. The van der Waals surface area contributed by atoms with Gasteiger partial charge in [0.1, 0.15) is 12.4 Å². The fraction of sp³-hybridized carbons (Fsp3) is 0.640. The number of nitrogens with one attached hydrogen (secondary N) is 1. The zero-order valence-electron chi connectivity index (χ0n) is 21.2. The molecule has 0 bridgehead atoms. The van der Waals surface area contributed by atoms with Crippen molar-refractivity contribution in [3.8, 4) is 5.75 Å². The van der Waals surface area contributed by atoms with E-state index in [1.165, 1.54) is 20.8 Å². The third-order valence-electron chi connectivity index (χ3n) is 6.01. The Morgan fingerprint density at radius 2 is 1.81 bits per heavy atom. The minimum Gasteiger partial charge on any atom is -0.459 e. The molecule has 1 amide bonds. The molecule has 1 atom stereocenters. The summed E-state index contributed by atoms with van der Waals surface area (Å²) < 4.78 is 40.0. The van der Waals surface area contributed by atoms with Crippen LogP contribution in [-0.2, 0) is 40.0 Å². The lowest BCUT2D eigenvalue weighted by atomic mass is 9.87. The molecule has 1 fully saturated rings. The van der Waals surface area contributed by atoms with E-state index in [2.05, 4.69) is 5.32 Å². The molecule has 0 saturated heterocycles. The van der Waals surface area contributed by atoms with Gasteiger partial charge in [0.25, 0.3) is 10.1 Å². The summed E-state index contributed by atoms with van der Waals surface area (Å²) in [6.45, 7) is 3.80. The van der Waals surface area contributed by atoms with Crippen molar-refractivity contribution in [1.82, 2.24) is 5.32 Å². The van der Waals surface area contributed by atoms with Crippen LogP contribution in [0.1, 0.15) is 64.9 Å². The molecule has 0 aliphatic heterocycles. The van der Waals surface area contributed by atoms with Crippen LogP contribution in [0, 0.1) is 11.3 Å². The van der Waals surface area contributed by atoms with Crippen LogP contribution in [0.4, 0.5) is 0 Å². The van der Waals surface area contributed by atoms with Crippen LogP contribution < -0.4 is 10.1 Å². The van der Waals surface area contributed by atoms with E-state index in [1.54, 1.807) is 24.3 Å². The average molecular weight is 528 g/mol. The number of aliphatic hydroxyl groups excluding tert-OH is 1. The van der Waals surface area contributed by atoms with Crippen molar-refractivity contribution < 1.29 is 41.6 Å². The fourth-order valence-corrected chi connectivity index (χ4v) is 4.79. The Hall–Kier alpha value is -2.50. The first kappa shape index (κ1) is 29.7. The highest BCUT2D eigenvalue weighted by atomic mass is 32.2. The van der Waals surface area contributed by atoms with Crippen LogP contribution in [0.5, 0.6) is 5.75 Å². The smallest absolute Gasteiger partial charge is 0.335 e. The van der Waals surface area contributed by atoms with Gasteiger partial charge < -0.3 is 19.9 Å². The van der Waals surface area contributed by atoms with E-state index in [0.29, 0.717) is 11.3 Å². The van der Waals surface area contributed by atoms with Crippen LogP contribution in [0.3, 0.4) is 0 Å². The van der Waals surface area contributed by atoms with Crippen LogP contribution >= 0.6 is 0 Å². The molecule has 0 heterocycles. The summed E-state index contributed by atoms with van der Waals surface area (Å²) in [5.41, 5.74) is -0.799. The highest BCUT2D eigenvalue weighted by Gasteiger charge is 2.37. The fourth-order valence-electron chi connectivity index (χ4n) is 3.69. The summed E-state index contributed by atoms with van der Waals surface area (Å²) in [4.78, 5) is 35.9. The quantitative estimate of drug-likeness (QED) is 0.171. The van der Waals surface area contributed by atoms with Gasteiger partial charge in [-0.2, -0.15) is 8.42 Å². The Morgan fingerprint density at radius 1 is 1.14 bits per heavy atom. The van der Waals surface area contributed by atoms with Crippen molar-refractivity contribution in [2.24, 2.45) is 11.3 Å². The summed E-state index contributed by atoms with van der Waals surface area (Å²) in [5.74, 6) is -1.69. The van der Waals surface area contributed by atoms with Gasteiger partial charge in [0, 0.05) is 24.4 Å². The summed E-state index contributed by atoms with van der Waals surface area (Å²) in [6.07, 6.45) is 3.20. The first-order chi connectivity index (χ1) is 16.9. The summed E-state index contributed by atoms with van der Waals surface area (Å²) in [6, 6.07) is 6.70. The Kier molecular flexibility index (Phi) is 11.3. The second kappa shape index (κ2) is 13.7. The molecule has 0 unspecified atom stereocenters. The van der Waals surface area contributed by atoms with Crippen molar-refractivity contribution in [3.05, 3.63) is 29.8 Å². The van der Waals surface area contributed by atoms with E-state index < -0.39 is 34.2 Å². The second-order valence-electron chi connectivity index (χ2n) is 9.72. The zero-order valence-corrected chi connectivity index (χ0v) is 22.0. The Bertz CT molecular complexity index is 1000. The topological polar surface area (TPSA) is 145 Å². The number of hydrogen-bond donors (Lipinski definition) is 2. The van der Waals surface area contributed by atoms with Crippen molar-refractivity contribution in [2.75, 3.05) is 18.9 Å².